The van der Waals surface area contributed by atoms with Gasteiger partial charge in [0.15, 0.2) is 0 Å². The van der Waals surface area contributed by atoms with E-state index in [9.17, 15) is 0 Å². The van der Waals surface area contributed by atoms with Crippen LogP contribution in [0.1, 0.15) is 97.0 Å². The topological polar surface area (TPSA) is 30.5 Å². The van der Waals surface area contributed by atoms with E-state index in [0.717, 1.165) is 32.7 Å². The Bertz CT molecular complexity index is 1050. The van der Waals surface area contributed by atoms with Gasteiger partial charge in [-0.15, -0.1) is 0 Å². The monoisotopic (exact) mass is 574 g/mol. The van der Waals surface area contributed by atoms with Crippen LogP contribution in [0.25, 0.3) is 16.8 Å². The van der Waals surface area contributed by atoms with Crippen molar-refractivity contribution in [2.24, 2.45) is 0 Å². The second-order valence-corrected chi connectivity index (χ2v) is 11.6. The molecular weight excluding hydrogens is 512 g/mol. The molecule has 0 unspecified atom stereocenters. The Kier molecular flexibility index (Phi) is 19.5. The SMILES string of the molecule is C/C=C(\C=C/NCCCN(CC)CC)/C=C/c1ccc2cc(N(C)CCCCCCCCCCCCNC)ccc2c1. The zero-order valence-corrected chi connectivity index (χ0v) is 27.8. The summed E-state index contributed by atoms with van der Waals surface area (Å²) in [6.45, 7) is 13.3. The Morgan fingerprint density at radius 1 is 0.714 bits per heavy atom. The fraction of sp³-hybridized carbons (Fsp3) is 0.579. The second kappa shape index (κ2) is 23.0. The minimum absolute atomic E-state index is 1.01. The highest BCUT2D eigenvalue weighted by Gasteiger charge is 2.03. The second-order valence-electron chi connectivity index (χ2n) is 11.6. The average molecular weight is 575 g/mol. The van der Waals surface area contributed by atoms with Crippen LogP contribution in [0, 0.1) is 0 Å². The fourth-order valence-corrected chi connectivity index (χ4v) is 5.41. The maximum atomic E-state index is 3.44. The molecule has 0 amide bonds. The number of unbranched alkanes of at least 4 members (excludes halogenated alkanes) is 9. The van der Waals surface area contributed by atoms with Gasteiger partial charge >= 0.3 is 0 Å². The number of nitrogens with zero attached hydrogens (tertiary/aromatic N) is 2. The van der Waals surface area contributed by atoms with Crippen molar-refractivity contribution in [3.63, 3.8) is 0 Å². The van der Waals surface area contributed by atoms with Crippen molar-refractivity contribution in [3.8, 4) is 0 Å². The number of anilines is 1. The lowest BCUT2D eigenvalue weighted by Gasteiger charge is -2.20. The molecule has 42 heavy (non-hydrogen) atoms. The highest BCUT2D eigenvalue weighted by atomic mass is 15.1. The molecule has 0 aliphatic rings. The molecule has 0 spiro atoms. The van der Waals surface area contributed by atoms with Crippen molar-refractivity contribution in [2.45, 2.75) is 91.4 Å². The molecule has 2 aromatic rings. The first-order valence-electron chi connectivity index (χ1n) is 17.0. The lowest BCUT2D eigenvalue weighted by Crippen LogP contribution is -2.26. The third-order valence-corrected chi connectivity index (χ3v) is 8.34. The summed E-state index contributed by atoms with van der Waals surface area (Å²) in [5, 5.41) is 9.28. The van der Waals surface area contributed by atoms with Crippen molar-refractivity contribution < 1.29 is 0 Å². The van der Waals surface area contributed by atoms with Gasteiger partial charge in [0.25, 0.3) is 0 Å². The van der Waals surface area contributed by atoms with Gasteiger partial charge < -0.3 is 20.4 Å². The smallest absolute Gasteiger partial charge is 0.0370 e. The molecular formula is C38H62N4. The van der Waals surface area contributed by atoms with Crippen LogP contribution in [0.4, 0.5) is 5.69 Å². The standard InChI is InChI=1S/C38H62N4/c1-6-34(26-29-40-28-19-31-42(7-2)8-3)20-21-35-22-23-37-33-38(25-24-36(37)32-35)41(5)30-18-16-14-12-10-9-11-13-15-17-27-39-4/h6,20-26,29,32-33,39-40H,7-19,27-28,30-31H2,1-5H3/b21-20+,29-26-,34-6-. The minimum atomic E-state index is 1.01. The van der Waals surface area contributed by atoms with Gasteiger partial charge in [-0.2, -0.15) is 0 Å². The molecule has 0 saturated heterocycles. The van der Waals surface area contributed by atoms with Crippen molar-refractivity contribution in [1.82, 2.24) is 15.5 Å². The molecule has 4 nitrogen and oxygen atoms in total. The molecule has 0 saturated carbocycles. The Morgan fingerprint density at radius 2 is 1.36 bits per heavy atom. The zero-order chi connectivity index (χ0) is 30.3. The molecule has 0 fully saturated rings. The van der Waals surface area contributed by atoms with E-state index in [1.54, 1.807) is 0 Å². The molecule has 2 aromatic carbocycles. The Morgan fingerprint density at radius 3 is 2.02 bits per heavy atom. The fourth-order valence-electron chi connectivity index (χ4n) is 5.41. The summed E-state index contributed by atoms with van der Waals surface area (Å²) in [6, 6.07) is 13.7. The normalized spacial score (nSPS) is 12.4. The molecule has 2 N–H and O–H groups in total. The summed E-state index contributed by atoms with van der Waals surface area (Å²) in [5.74, 6) is 0. The van der Waals surface area contributed by atoms with E-state index in [0.29, 0.717) is 0 Å². The van der Waals surface area contributed by atoms with Gasteiger partial charge in [0.2, 0.25) is 0 Å². The average Bonchev–Trinajstić information content (AvgIpc) is 3.02. The summed E-state index contributed by atoms with van der Waals surface area (Å²) < 4.78 is 0. The number of allylic oxidation sites excluding steroid dienone is 4. The van der Waals surface area contributed by atoms with E-state index in [4.69, 9.17) is 0 Å². The molecule has 0 atom stereocenters. The minimum Gasteiger partial charge on any atom is -0.391 e. The van der Waals surface area contributed by atoms with Gasteiger partial charge in [0.05, 0.1) is 0 Å². The van der Waals surface area contributed by atoms with Gasteiger partial charge in [-0.05, 0) is 112 Å². The van der Waals surface area contributed by atoms with Crippen LogP contribution in [-0.2, 0) is 0 Å². The van der Waals surface area contributed by atoms with E-state index in [-0.39, 0.29) is 0 Å². The zero-order valence-electron chi connectivity index (χ0n) is 27.8. The first-order valence-corrected chi connectivity index (χ1v) is 17.0. The maximum absolute atomic E-state index is 3.44. The van der Waals surface area contributed by atoms with Crippen molar-refractivity contribution in [3.05, 3.63) is 72.0 Å². The predicted molar refractivity (Wildman–Crippen MR) is 190 cm³/mol. The Labute approximate surface area is 259 Å². The summed E-state index contributed by atoms with van der Waals surface area (Å²) in [5.41, 5.74) is 3.76. The number of hydrogen-bond donors (Lipinski definition) is 2. The molecule has 0 heterocycles. The molecule has 0 aromatic heterocycles. The Hall–Kier alpha value is -2.56. The maximum Gasteiger partial charge on any atom is 0.0370 e. The number of nitrogens with one attached hydrogen (secondary N) is 2. The molecule has 234 valence electrons. The molecule has 2 rings (SSSR count). The largest absolute Gasteiger partial charge is 0.391 e. The van der Waals surface area contributed by atoms with Crippen molar-refractivity contribution >= 4 is 22.5 Å². The number of fused-ring (bicyclic) bond motifs is 1. The lowest BCUT2D eigenvalue weighted by molar-refractivity contribution is 0.300. The molecule has 0 aliphatic carbocycles. The number of benzene rings is 2. The van der Waals surface area contributed by atoms with Crippen LogP contribution < -0.4 is 15.5 Å². The predicted octanol–water partition coefficient (Wildman–Crippen LogP) is 9.19. The highest BCUT2D eigenvalue weighted by molar-refractivity contribution is 5.87. The number of hydrogen-bond acceptors (Lipinski definition) is 4. The van der Waals surface area contributed by atoms with Crippen LogP contribution in [0.15, 0.2) is 66.4 Å². The summed E-state index contributed by atoms with van der Waals surface area (Å²) in [4.78, 5) is 4.88. The molecule has 4 heteroatoms. The van der Waals surface area contributed by atoms with E-state index >= 15 is 0 Å². The van der Waals surface area contributed by atoms with Gasteiger partial charge in [0, 0.05) is 25.8 Å². The molecule has 0 bridgehead atoms. The summed E-state index contributed by atoms with van der Waals surface area (Å²) in [6.07, 6.45) is 25.7. The van der Waals surface area contributed by atoms with Gasteiger partial charge in [-0.1, -0.05) is 102 Å². The third kappa shape index (κ3) is 15.1. The van der Waals surface area contributed by atoms with Crippen molar-refractivity contribution in [1.29, 1.82) is 0 Å². The van der Waals surface area contributed by atoms with Crippen LogP contribution in [0.3, 0.4) is 0 Å². The van der Waals surface area contributed by atoms with Gasteiger partial charge in [-0.25, -0.2) is 0 Å². The first-order chi connectivity index (χ1) is 20.6. The molecule has 0 aliphatic heterocycles. The van der Waals surface area contributed by atoms with E-state index in [2.05, 4.69) is 115 Å². The van der Waals surface area contributed by atoms with Crippen molar-refractivity contribution in [2.75, 3.05) is 58.3 Å². The van der Waals surface area contributed by atoms with Crippen LogP contribution in [0.5, 0.6) is 0 Å². The summed E-state index contributed by atoms with van der Waals surface area (Å²) >= 11 is 0. The Balaban J connectivity index is 1.71. The quantitative estimate of drug-likeness (QED) is 0.0966. The van der Waals surface area contributed by atoms with Gasteiger partial charge in [-0.3, -0.25) is 0 Å². The van der Waals surface area contributed by atoms with Gasteiger partial charge in [0.1, 0.15) is 0 Å². The molecule has 0 radical (unpaired) electrons. The van der Waals surface area contributed by atoms with Crippen LogP contribution in [-0.4, -0.2) is 58.3 Å². The van der Waals surface area contributed by atoms with E-state index in [1.807, 2.05) is 7.05 Å². The van der Waals surface area contributed by atoms with E-state index in [1.165, 1.54) is 105 Å². The summed E-state index contributed by atoms with van der Waals surface area (Å²) in [7, 11) is 4.28. The van der Waals surface area contributed by atoms with E-state index < -0.39 is 0 Å². The third-order valence-electron chi connectivity index (χ3n) is 8.34. The first kappa shape index (κ1) is 35.6. The highest BCUT2D eigenvalue weighted by Crippen LogP contribution is 2.24. The van der Waals surface area contributed by atoms with Crippen LogP contribution >= 0.6 is 0 Å². The van der Waals surface area contributed by atoms with Crippen LogP contribution in [0.2, 0.25) is 0 Å². The number of rotatable bonds is 24. The lowest BCUT2D eigenvalue weighted by atomic mass is 10.0.